The summed E-state index contributed by atoms with van der Waals surface area (Å²) in [6.07, 6.45) is 0.220. The van der Waals surface area contributed by atoms with Gasteiger partial charge in [-0.05, 0) is 42.0 Å². The molecule has 3 aromatic heterocycles. The van der Waals surface area contributed by atoms with Gasteiger partial charge in [0.15, 0.2) is 0 Å². The first-order valence-corrected chi connectivity index (χ1v) is 13.3. The second-order valence-corrected chi connectivity index (χ2v) is 9.81. The van der Waals surface area contributed by atoms with Crippen molar-refractivity contribution >= 4 is 28.0 Å². The first-order valence-electron chi connectivity index (χ1n) is 13.3. The van der Waals surface area contributed by atoms with Gasteiger partial charge in [-0.15, -0.1) is 5.10 Å². The molecule has 6 aromatic rings. The lowest BCUT2D eigenvalue weighted by Gasteiger charge is -2.11. The first kappa shape index (κ1) is 27.0. The minimum absolute atomic E-state index is 0.160. The van der Waals surface area contributed by atoms with Crippen molar-refractivity contribution in [1.82, 2.24) is 29.5 Å². The number of rotatable bonds is 10. The SMILES string of the molecule is COCCn1c(Cc2ccc(-c3cccc(OCc4cccc5c4nnn5C)n3)cc2F)nc2ccc(C(=O)O)cc21. The molecule has 0 unspecified atom stereocenters. The molecule has 0 fully saturated rings. The second-order valence-electron chi connectivity index (χ2n) is 9.81. The van der Waals surface area contributed by atoms with Gasteiger partial charge in [-0.25, -0.2) is 23.8 Å². The Labute approximate surface area is 240 Å². The first-order chi connectivity index (χ1) is 20.4. The maximum absolute atomic E-state index is 15.4. The number of imidazole rings is 1. The van der Waals surface area contributed by atoms with Gasteiger partial charge in [0.25, 0.3) is 0 Å². The van der Waals surface area contributed by atoms with Gasteiger partial charge in [0.1, 0.15) is 23.8 Å². The quantitative estimate of drug-likeness (QED) is 0.245. The van der Waals surface area contributed by atoms with Gasteiger partial charge in [0.05, 0.1) is 34.4 Å². The molecule has 0 aliphatic heterocycles. The van der Waals surface area contributed by atoms with Crippen LogP contribution in [0.5, 0.6) is 5.88 Å². The Hall–Kier alpha value is -5.16. The normalized spacial score (nSPS) is 11.4. The average Bonchev–Trinajstić information content (AvgIpc) is 3.55. The summed E-state index contributed by atoms with van der Waals surface area (Å²) >= 11 is 0. The van der Waals surface area contributed by atoms with E-state index in [2.05, 4.69) is 20.3 Å². The predicted molar refractivity (Wildman–Crippen MR) is 154 cm³/mol. The summed E-state index contributed by atoms with van der Waals surface area (Å²) in [6, 6.07) is 20.9. The van der Waals surface area contributed by atoms with E-state index in [0.717, 1.165) is 16.6 Å². The third kappa shape index (κ3) is 5.29. The lowest BCUT2D eigenvalue weighted by atomic mass is 10.1. The van der Waals surface area contributed by atoms with E-state index in [-0.39, 0.29) is 18.6 Å². The molecule has 6 rings (SSSR count). The highest BCUT2D eigenvalue weighted by Crippen LogP contribution is 2.26. The summed E-state index contributed by atoms with van der Waals surface area (Å²) in [4.78, 5) is 20.8. The zero-order valence-electron chi connectivity index (χ0n) is 23.0. The summed E-state index contributed by atoms with van der Waals surface area (Å²) in [5.74, 6) is -0.398. The van der Waals surface area contributed by atoms with Crippen LogP contribution in [0.25, 0.3) is 33.3 Å². The molecule has 1 N–H and O–H groups in total. The van der Waals surface area contributed by atoms with Crippen molar-refractivity contribution < 1.29 is 23.8 Å². The van der Waals surface area contributed by atoms with Crippen LogP contribution in [0, 0.1) is 5.82 Å². The summed E-state index contributed by atoms with van der Waals surface area (Å²) in [6.45, 7) is 1.11. The van der Waals surface area contributed by atoms with Gasteiger partial charge >= 0.3 is 5.97 Å². The van der Waals surface area contributed by atoms with Crippen molar-refractivity contribution in [2.75, 3.05) is 13.7 Å². The lowest BCUT2D eigenvalue weighted by Crippen LogP contribution is -2.10. The van der Waals surface area contributed by atoms with Crippen LogP contribution in [-0.4, -0.2) is 54.3 Å². The minimum atomic E-state index is -1.02. The number of nitrogens with zero attached hydrogens (tertiary/aromatic N) is 6. The van der Waals surface area contributed by atoms with Crippen LogP contribution in [0.2, 0.25) is 0 Å². The second kappa shape index (κ2) is 11.4. The van der Waals surface area contributed by atoms with E-state index < -0.39 is 11.8 Å². The van der Waals surface area contributed by atoms with Crippen LogP contribution < -0.4 is 4.74 Å². The van der Waals surface area contributed by atoms with Gasteiger partial charge < -0.3 is 19.1 Å². The molecule has 10 nitrogen and oxygen atoms in total. The lowest BCUT2D eigenvalue weighted by molar-refractivity contribution is 0.0697. The van der Waals surface area contributed by atoms with Crippen molar-refractivity contribution in [2.45, 2.75) is 19.6 Å². The molecule has 3 heterocycles. The number of aromatic nitrogens is 6. The average molecular weight is 567 g/mol. The van der Waals surface area contributed by atoms with Crippen LogP contribution in [0.4, 0.5) is 4.39 Å². The number of fused-ring (bicyclic) bond motifs is 2. The maximum Gasteiger partial charge on any atom is 0.335 e. The van der Waals surface area contributed by atoms with E-state index in [1.165, 1.54) is 12.1 Å². The Kier molecular flexibility index (Phi) is 7.32. The Morgan fingerprint density at radius 1 is 0.976 bits per heavy atom. The highest BCUT2D eigenvalue weighted by molar-refractivity contribution is 5.92. The fourth-order valence-corrected chi connectivity index (χ4v) is 4.93. The van der Waals surface area contributed by atoms with Crippen molar-refractivity contribution in [3.63, 3.8) is 0 Å². The minimum Gasteiger partial charge on any atom is -0.478 e. The van der Waals surface area contributed by atoms with Crippen LogP contribution >= 0.6 is 0 Å². The topological polar surface area (TPSA) is 117 Å². The Morgan fingerprint density at radius 3 is 2.64 bits per heavy atom. The number of halogens is 1. The van der Waals surface area contributed by atoms with E-state index in [1.54, 1.807) is 42.1 Å². The largest absolute Gasteiger partial charge is 0.478 e. The molecule has 11 heteroatoms. The number of benzene rings is 3. The zero-order valence-corrected chi connectivity index (χ0v) is 23.0. The molecule has 0 atom stereocenters. The fraction of sp³-hybridized carbons (Fsp3) is 0.194. The summed E-state index contributed by atoms with van der Waals surface area (Å²) in [5, 5.41) is 17.7. The van der Waals surface area contributed by atoms with Gasteiger partial charge in [-0.1, -0.05) is 35.5 Å². The number of pyridine rings is 1. The predicted octanol–water partition coefficient (Wildman–Crippen LogP) is 5.03. The molecule has 42 heavy (non-hydrogen) atoms. The van der Waals surface area contributed by atoms with Crippen LogP contribution in [0.1, 0.15) is 27.3 Å². The molecule has 3 aromatic carbocycles. The number of carbonyl (C=O) groups is 1. The summed E-state index contributed by atoms with van der Waals surface area (Å²) in [7, 11) is 3.43. The number of aromatic carboxylic acids is 1. The van der Waals surface area contributed by atoms with Crippen LogP contribution in [-0.2, 0) is 31.4 Å². The Morgan fingerprint density at radius 2 is 1.83 bits per heavy atom. The summed E-state index contributed by atoms with van der Waals surface area (Å²) in [5.41, 5.74) is 5.66. The molecular weight excluding hydrogens is 539 g/mol. The third-order valence-electron chi connectivity index (χ3n) is 7.12. The number of carboxylic acids is 1. The fourth-order valence-electron chi connectivity index (χ4n) is 4.93. The molecule has 0 amide bonds. The van der Waals surface area contributed by atoms with Crippen molar-refractivity contribution in [2.24, 2.45) is 7.05 Å². The highest BCUT2D eigenvalue weighted by Gasteiger charge is 2.16. The molecule has 0 saturated carbocycles. The Bertz CT molecular complexity index is 1930. The smallest absolute Gasteiger partial charge is 0.335 e. The van der Waals surface area contributed by atoms with Gasteiger partial charge in [-0.3, -0.25) is 0 Å². The molecule has 212 valence electrons. The molecular formula is C31H27FN6O4. The molecule has 0 spiro atoms. The van der Waals surface area contributed by atoms with E-state index in [0.29, 0.717) is 52.7 Å². The van der Waals surface area contributed by atoms with Gasteiger partial charge in [-0.2, -0.15) is 0 Å². The zero-order chi connectivity index (χ0) is 29.2. The van der Waals surface area contributed by atoms with E-state index in [1.807, 2.05) is 41.9 Å². The molecule has 0 aliphatic rings. The number of ether oxygens (including phenoxy) is 2. The van der Waals surface area contributed by atoms with Crippen LogP contribution in [0.15, 0.2) is 72.8 Å². The Balaban J connectivity index is 1.23. The van der Waals surface area contributed by atoms with Crippen molar-refractivity contribution in [3.05, 3.63) is 101 Å². The highest BCUT2D eigenvalue weighted by atomic mass is 19.1. The number of carboxylic acid groups (broad SMARTS) is 1. The number of aryl methyl sites for hydroxylation is 1. The molecule has 0 aliphatic carbocycles. The molecule has 0 saturated heterocycles. The molecule has 0 bridgehead atoms. The number of methoxy groups -OCH3 is 1. The van der Waals surface area contributed by atoms with Gasteiger partial charge in [0.2, 0.25) is 5.88 Å². The monoisotopic (exact) mass is 566 g/mol. The standard InChI is InChI=1S/C31H27FN6O4/c1-37-26-7-3-5-22(30(26)35-36-37)18-42-29-8-4-6-24(34-29)20-10-9-19(23(32)15-20)17-28-33-25-12-11-21(31(39)40)16-27(25)38(28)13-14-41-2/h3-12,15-16H,13-14,17-18H2,1-2H3,(H,39,40). The number of hydrogen-bond acceptors (Lipinski definition) is 7. The van der Waals surface area contributed by atoms with E-state index in [9.17, 15) is 9.90 Å². The van der Waals surface area contributed by atoms with Crippen LogP contribution in [0.3, 0.4) is 0 Å². The van der Waals surface area contributed by atoms with Gasteiger partial charge in [0, 0.05) is 44.3 Å². The van der Waals surface area contributed by atoms with E-state index in [4.69, 9.17) is 9.47 Å². The van der Waals surface area contributed by atoms with Crippen molar-refractivity contribution in [1.29, 1.82) is 0 Å². The third-order valence-corrected chi connectivity index (χ3v) is 7.12. The van der Waals surface area contributed by atoms with Crippen molar-refractivity contribution in [3.8, 4) is 17.1 Å². The summed E-state index contributed by atoms with van der Waals surface area (Å²) < 4.78 is 30.2. The molecule has 0 radical (unpaired) electrons. The number of hydrogen-bond donors (Lipinski definition) is 1. The maximum atomic E-state index is 15.4. The van der Waals surface area contributed by atoms with E-state index >= 15 is 4.39 Å².